The molecule has 3 aromatic rings. The number of carbonyl (C=O) groups is 1. The Labute approximate surface area is 158 Å². The van der Waals surface area contributed by atoms with Crippen LogP contribution in [0.3, 0.4) is 0 Å². The Balaban J connectivity index is 1.88. The van der Waals surface area contributed by atoms with Crippen molar-refractivity contribution >= 4 is 38.4 Å². The van der Waals surface area contributed by atoms with Crippen molar-refractivity contribution in [1.82, 2.24) is 4.57 Å². The highest BCUT2D eigenvalue weighted by Crippen LogP contribution is 2.36. The van der Waals surface area contributed by atoms with Crippen LogP contribution < -0.4 is 10.9 Å². The van der Waals surface area contributed by atoms with Crippen LogP contribution in [0.2, 0.25) is 0 Å². The van der Waals surface area contributed by atoms with Crippen molar-refractivity contribution in [1.29, 1.82) is 0 Å². The third-order valence-corrected chi connectivity index (χ3v) is 5.50. The first-order valence-electron chi connectivity index (χ1n) is 8.35. The highest BCUT2D eigenvalue weighted by atomic mass is 79.9. The standard InChI is InChI=1S/C20H17BrN2O3/c1-10-6-7-15(14(21)8-10)22-19(25)16-18(24)13-5-3-4-12-9-11(2)23(17(12)13)20(16)26/h3-8,11,24H,9H2,1-2H3,(H,22,25)/t11-/m1/s1. The van der Waals surface area contributed by atoms with Crippen LogP contribution >= 0.6 is 15.9 Å². The fraction of sp³-hybridized carbons (Fsp3) is 0.200. The van der Waals surface area contributed by atoms with Crippen molar-refractivity contribution < 1.29 is 9.90 Å². The van der Waals surface area contributed by atoms with E-state index in [4.69, 9.17) is 0 Å². The number of hydrogen-bond acceptors (Lipinski definition) is 3. The van der Waals surface area contributed by atoms with Crippen LogP contribution in [-0.2, 0) is 6.42 Å². The molecule has 1 aliphatic rings. The van der Waals surface area contributed by atoms with Crippen LogP contribution in [0.1, 0.15) is 34.5 Å². The number of para-hydroxylation sites is 1. The number of aryl methyl sites for hydroxylation is 1. The molecule has 2 N–H and O–H groups in total. The summed E-state index contributed by atoms with van der Waals surface area (Å²) in [5.41, 5.74) is 2.62. The minimum absolute atomic E-state index is 0.0549. The number of carbonyl (C=O) groups excluding carboxylic acids is 1. The third-order valence-electron chi connectivity index (χ3n) is 4.84. The molecular formula is C20H17BrN2O3. The monoisotopic (exact) mass is 412 g/mol. The first kappa shape index (κ1) is 16.8. The normalized spacial score (nSPS) is 15.4. The number of anilines is 1. The zero-order chi connectivity index (χ0) is 18.6. The largest absolute Gasteiger partial charge is 0.506 e. The fourth-order valence-corrected chi connectivity index (χ4v) is 4.22. The Morgan fingerprint density at radius 1 is 1.31 bits per heavy atom. The van der Waals surface area contributed by atoms with Crippen LogP contribution in [0, 0.1) is 6.92 Å². The molecule has 0 saturated carbocycles. The van der Waals surface area contributed by atoms with Gasteiger partial charge in [0.25, 0.3) is 11.5 Å². The summed E-state index contributed by atoms with van der Waals surface area (Å²) in [6.45, 7) is 3.88. The molecule has 0 radical (unpaired) electrons. The average Bonchev–Trinajstić information content (AvgIpc) is 2.92. The van der Waals surface area contributed by atoms with Crippen molar-refractivity contribution in [2.75, 3.05) is 5.32 Å². The number of rotatable bonds is 2. The summed E-state index contributed by atoms with van der Waals surface area (Å²) < 4.78 is 2.33. The average molecular weight is 413 g/mol. The minimum atomic E-state index is -0.618. The van der Waals surface area contributed by atoms with Gasteiger partial charge < -0.3 is 15.0 Å². The molecule has 2 aromatic carbocycles. The summed E-state index contributed by atoms with van der Waals surface area (Å²) in [6.07, 6.45) is 0.709. The predicted molar refractivity (Wildman–Crippen MR) is 105 cm³/mol. The first-order chi connectivity index (χ1) is 12.4. The molecule has 1 amide bonds. The van der Waals surface area contributed by atoms with Crippen LogP contribution in [0.25, 0.3) is 10.9 Å². The van der Waals surface area contributed by atoms with E-state index < -0.39 is 11.5 Å². The van der Waals surface area contributed by atoms with E-state index in [-0.39, 0.29) is 17.4 Å². The molecule has 1 atom stereocenters. The van der Waals surface area contributed by atoms with Crippen molar-refractivity contribution in [2.24, 2.45) is 0 Å². The highest BCUT2D eigenvalue weighted by molar-refractivity contribution is 9.10. The number of nitrogens with one attached hydrogen (secondary N) is 1. The zero-order valence-electron chi connectivity index (χ0n) is 14.3. The smallest absolute Gasteiger partial charge is 0.268 e. The lowest BCUT2D eigenvalue weighted by atomic mass is 10.1. The van der Waals surface area contributed by atoms with Gasteiger partial charge in [-0.3, -0.25) is 9.59 Å². The highest BCUT2D eigenvalue weighted by Gasteiger charge is 2.29. The van der Waals surface area contributed by atoms with Gasteiger partial charge in [-0.1, -0.05) is 18.2 Å². The van der Waals surface area contributed by atoms with E-state index in [1.807, 2.05) is 38.1 Å². The molecule has 26 heavy (non-hydrogen) atoms. The van der Waals surface area contributed by atoms with Gasteiger partial charge in [0.1, 0.15) is 11.3 Å². The van der Waals surface area contributed by atoms with E-state index in [0.717, 1.165) is 16.6 Å². The zero-order valence-corrected chi connectivity index (χ0v) is 15.9. The van der Waals surface area contributed by atoms with Gasteiger partial charge in [-0.05, 0) is 65.5 Å². The Kier molecular flexibility index (Phi) is 3.88. The maximum absolute atomic E-state index is 13.0. The first-order valence-corrected chi connectivity index (χ1v) is 9.14. The van der Waals surface area contributed by atoms with E-state index in [9.17, 15) is 14.7 Å². The molecule has 0 unspecified atom stereocenters. The Bertz CT molecular complexity index is 1130. The topological polar surface area (TPSA) is 71.3 Å². The summed E-state index contributed by atoms with van der Waals surface area (Å²) in [6, 6.07) is 11.0. The number of benzene rings is 2. The Morgan fingerprint density at radius 2 is 2.08 bits per heavy atom. The lowest BCUT2D eigenvalue weighted by Gasteiger charge is -2.14. The van der Waals surface area contributed by atoms with Gasteiger partial charge in [0.2, 0.25) is 0 Å². The Hall–Kier alpha value is -2.60. The summed E-state index contributed by atoms with van der Waals surface area (Å²) in [7, 11) is 0. The van der Waals surface area contributed by atoms with Gasteiger partial charge in [0, 0.05) is 15.9 Å². The van der Waals surface area contributed by atoms with Crippen molar-refractivity contribution in [2.45, 2.75) is 26.3 Å². The number of nitrogens with zero attached hydrogens (tertiary/aromatic N) is 1. The van der Waals surface area contributed by atoms with E-state index in [2.05, 4.69) is 21.2 Å². The summed E-state index contributed by atoms with van der Waals surface area (Å²) >= 11 is 3.41. The second kappa shape index (κ2) is 5.99. The molecule has 0 spiro atoms. The fourth-order valence-electron chi connectivity index (χ4n) is 3.63. The third kappa shape index (κ3) is 2.44. The van der Waals surface area contributed by atoms with Gasteiger partial charge in [-0.15, -0.1) is 0 Å². The number of amides is 1. The van der Waals surface area contributed by atoms with Crippen molar-refractivity contribution in [3.8, 4) is 5.75 Å². The molecule has 1 aromatic heterocycles. The summed E-state index contributed by atoms with van der Waals surface area (Å²) in [4.78, 5) is 25.8. The van der Waals surface area contributed by atoms with Crippen LogP contribution in [-0.4, -0.2) is 15.6 Å². The molecule has 1 aliphatic heterocycles. The van der Waals surface area contributed by atoms with Gasteiger partial charge in [-0.2, -0.15) is 0 Å². The lowest BCUT2D eigenvalue weighted by molar-refractivity contribution is 0.102. The molecule has 6 heteroatoms. The second-order valence-corrected chi connectivity index (χ2v) is 7.56. The summed E-state index contributed by atoms with van der Waals surface area (Å²) in [5.74, 6) is -0.884. The van der Waals surface area contributed by atoms with Gasteiger partial charge in [0.15, 0.2) is 0 Å². The molecule has 132 valence electrons. The number of halogens is 1. The molecule has 2 heterocycles. The van der Waals surface area contributed by atoms with Crippen molar-refractivity contribution in [3.05, 3.63) is 67.9 Å². The maximum Gasteiger partial charge on any atom is 0.268 e. The predicted octanol–water partition coefficient (Wildman–Crippen LogP) is 4.15. The van der Waals surface area contributed by atoms with E-state index in [0.29, 0.717) is 22.0 Å². The molecule has 5 nitrogen and oxygen atoms in total. The van der Waals surface area contributed by atoms with Gasteiger partial charge in [-0.25, -0.2) is 0 Å². The number of pyridine rings is 1. The molecule has 0 aliphatic carbocycles. The van der Waals surface area contributed by atoms with E-state index >= 15 is 0 Å². The lowest BCUT2D eigenvalue weighted by Crippen LogP contribution is -2.30. The molecular weight excluding hydrogens is 396 g/mol. The van der Waals surface area contributed by atoms with Gasteiger partial charge in [0.05, 0.1) is 11.2 Å². The quantitative estimate of drug-likeness (QED) is 0.663. The van der Waals surface area contributed by atoms with E-state index in [1.165, 1.54) is 0 Å². The van der Waals surface area contributed by atoms with Gasteiger partial charge >= 0.3 is 0 Å². The molecule has 0 saturated heterocycles. The number of hydrogen-bond donors (Lipinski definition) is 2. The Morgan fingerprint density at radius 3 is 2.81 bits per heavy atom. The van der Waals surface area contributed by atoms with Crippen molar-refractivity contribution in [3.63, 3.8) is 0 Å². The number of aromatic hydroxyl groups is 1. The molecule has 0 fully saturated rings. The number of aromatic nitrogens is 1. The van der Waals surface area contributed by atoms with Crippen LogP contribution in [0.15, 0.2) is 45.7 Å². The van der Waals surface area contributed by atoms with Crippen LogP contribution in [0.5, 0.6) is 5.75 Å². The summed E-state index contributed by atoms with van der Waals surface area (Å²) in [5, 5.41) is 13.9. The molecule has 4 rings (SSSR count). The van der Waals surface area contributed by atoms with E-state index in [1.54, 1.807) is 16.7 Å². The SMILES string of the molecule is Cc1ccc(NC(=O)c2c(O)c3cccc4c3n(c2=O)[C@H](C)C4)c(Br)c1. The minimum Gasteiger partial charge on any atom is -0.506 e. The molecule has 0 bridgehead atoms. The van der Waals surface area contributed by atoms with Crippen LogP contribution in [0.4, 0.5) is 5.69 Å². The second-order valence-electron chi connectivity index (χ2n) is 6.70. The maximum atomic E-state index is 13.0.